The third-order valence-electron chi connectivity index (χ3n) is 3.73. The van der Waals surface area contributed by atoms with Gasteiger partial charge in [-0.25, -0.2) is 14.7 Å². The van der Waals surface area contributed by atoms with Crippen molar-refractivity contribution in [2.45, 2.75) is 25.2 Å². The average Bonchev–Trinajstić information content (AvgIpc) is 2.53. The predicted octanol–water partition coefficient (Wildman–Crippen LogP) is 3.94. The molecule has 0 bridgehead atoms. The van der Waals surface area contributed by atoms with Crippen LogP contribution >= 0.6 is 0 Å². The first-order valence-corrected chi connectivity index (χ1v) is 7.17. The van der Waals surface area contributed by atoms with E-state index in [0.717, 1.165) is 22.6 Å². The third kappa shape index (κ3) is 2.99. The number of carbonyl (C=O) groups is 1. The summed E-state index contributed by atoms with van der Waals surface area (Å²) in [6, 6.07) is 8.83. The van der Waals surface area contributed by atoms with Crippen LogP contribution in [0.2, 0.25) is 0 Å². The summed E-state index contributed by atoms with van der Waals surface area (Å²) in [7, 11) is 0. The Labute approximate surface area is 135 Å². The van der Waals surface area contributed by atoms with E-state index < -0.39 is 29.9 Å². The number of amides is 1. The standard InChI is InChI=1S/C16H13F3N2O3/c17-16(18,19)11-5-3-9-20-14(11)24-13-8-7-10-4-1-2-6-12(10)21(13)15(22)23/h1-6,9,13H,7-8H2,(H,22,23). The molecule has 1 aliphatic rings. The number of para-hydroxylation sites is 1. The van der Waals surface area contributed by atoms with E-state index >= 15 is 0 Å². The molecule has 126 valence electrons. The van der Waals surface area contributed by atoms with Gasteiger partial charge in [0.05, 0.1) is 5.69 Å². The fourth-order valence-corrected chi connectivity index (χ4v) is 2.69. The van der Waals surface area contributed by atoms with Crippen LogP contribution in [0, 0.1) is 0 Å². The fourth-order valence-electron chi connectivity index (χ4n) is 2.69. The number of hydrogen-bond donors (Lipinski definition) is 1. The van der Waals surface area contributed by atoms with Gasteiger partial charge in [-0.2, -0.15) is 13.2 Å². The van der Waals surface area contributed by atoms with E-state index in [1.807, 2.05) is 0 Å². The second-order valence-electron chi connectivity index (χ2n) is 5.25. The largest absolute Gasteiger partial charge is 0.465 e. The molecule has 1 atom stereocenters. The van der Waals surface area contributed by atoms with Gasteiger partial charge in [-0.05, 0) is 30.2 Å². The molecule has 2 heterocycles. The summed E-state index contributed by atoms with van der Waals surface area (Å²) in [5.74, 6) is -0.624. The summed E-state index contributed by atoms with van der Waals surface area (Å²) in [6.07, 6.45) is -5.10. The molecule has 1 aromatic carbocycles. The number of aromatic nitrogens is 1. The number of ether oxygens (including phenoxy) is 1. The fraction of sp³-hybridized carbons (Fsp3) is 0.250. The zero-order valence-electron chi connectivity index (χ0n) is 12.3. The van der Waals surface area contributed by atoms with Crippen LogP contribution in [0.1, 0.15) is 17.5 Å². The van der Waals surface area contributed by atoms with Crippen molar-refractivity contribution in [1.29, 1.82) is 0 Å². The quantitative estimate of drug-likeness (QED) is 0.901. The number of carboxylic acid groups (broad SMARTS) is 1. The van der Waals surface area contributed by atoms with E-state index in [4.69, 9.17) is 4.74 Å². The summed E-state index contributed by atoms with van der Waals surface area (Å²) in [5, 5.41) is 9.47. The molecule has 1 aromatic heterocycles. The van der Waals surface area contributed by atoms with Crippen LogP contribution in [0.5, 0.6) is 5.88 Å². The van der Waals surface area contributed by atoms with E-state index in [-0.39, 0.29) is 6.42 Å². The van der Waals surface area contributed by atoms with E-state index in [9.17, 15) is 23.1 Å². The Bertz CT molecular complexity index is 764. The molecule has 0 saturated heterocycles. The van der Waals surface area contributed by atoms with Crippen LogP contribution in [0.15, 0.2) is 42.6 Å². The number of nitrogens with zero attached hydrogens (tertiary/aromatic N) is 2. The van der Waals surface area contributed by atoms with Crippen molar-refractivity contribution in [2.75, 3.05) is 4.90 Å². The van der Waals surface area contributed by atoms with E-state index in [2.05, 4.69) is 4.98 Å². The first kappa shape index (κ1) is 16.1. The number of pyridine rings is 1. The maximum atomic E-state index is 13.0. The summed E-state index contributed by atoms with van der Waals surface area (Å²) in [5.41, 5.74) is 0.178. The van der Waals surface area contributed by atoms with E-state index in [1.54, 1.807) is 24.3 Å². The molecule has 0 radical (unpaired) electrons. The van der Waals surface area contributed by atoms with Gasteiger partial charge >= 0.3 is 12.3 Å². The van der Waals surface area contributed by atoms with Crippen LogP contribution < -0.4 is 9.64 Å². The van der Waals surface area contributed by atoms with Crippen LogP contribution in [0.25, 0.3) is 0 Å². The van der Waals surface area contributed by atoms with Crippen molar-refractivity contribution in [3.63, 3.8) is 0 Å². The molecule has 1 amide bonds. The molecular weight excluding hydrogens is 325 g/mol. The maximum absolute atomic E-state index is 13.0. The minimum atomic E-state index is -4.63. The lowest BCUT2D eigenvalue weighted by atomic mass is 10.0. The monoisotopic (exact) mass is 338 g/mol. The van der Waals surface area contributed by atoms with Crippen molar-refractivity contribution < 1.29 is 27.8 Å². The predicted molar refractivity (Wildman–Crippen MR) is 78.9 cm³/mol. The number of anilines is 1. The summed E-state index contributed by atoms with van der Waals surface area (Å²) in [4.78, 5) is 16.2. The highest BCUT2D eigenvalue weighted by atomic mass is 19.4. The molecule has 5 nitrogen and oxygen atoms in total. The lowest BCUT2D eigenvalue weighted by Gasteiger charge is -2.35. The van der Waals surface area contributed by atoms with Crippen LogP contribution in [0.3, 0.4) is 0 Å². The molecule has 0 saturated carbocycles. The van der Waals surface area contributed by atoms with Crippen molar-refractivity contribution in [3.8, 4) is 5.88 Å². The van der Waals surface area contributed by atoms with Gasteiger partial charge in [0.1, 0.15) is 5.56 Å². The van der Waals surface area contributed by atoms with Gasteiger partial charge in [0, 0.05) is 12.6 Å². The second-order valence-corrected chi connectivity index (χ2v) is 5.25. The highest BCUT2D eigenvalue weighted by molar-refractivity contribution is 5.88. The number of fused-ring (bicyclic) bond motifs is 1. The lowest BCUT2D eigenvalue weighted by molar-refractivity contribution is -0.139. The SMILES string of the molecule is O=C(O)N1c2ccccc2CCC1Oc1ncccc1C(F)(F)F. The number of aryl methyl sites for hydroxylation is 1. The molecule has 1 N–H and O–H groups in total. The van der Waals surface area contributed by atoms with Crippen LogP contribution in [-0.4, -0.2) is 22.4 Å². The Kier molecular flexibility index (Phi) is 4.04. The molecule has 1 unspecified atom stereocenters. The topological polar surface area (TPSA) is 62.7 Å². The van der Waals surface area contributed by atoms with Crippen molar-refractivity contribution in [2.24, 2.45) is 0 Å². The Balaban J connectivity index is 1.95. The number of rotatable bonds is 2. The van der Waals surface area contributed by atoms with E-state index in [0.29, 0.717) is 12.1 Å². The number of halogens is 3. The number of hydrogen-bond acceptors (Lipinski definition) is 3. The first-order chi connectivity index (χ1) is 11.4. The first-order valence-electron chi connectivity index (χ1n) is 7.17. The summed E-state index contributed by atoms with van der Waals surface area (Å²) >= 11 is 0. The average molecular weight is 338 g/mol. The highest BCUT2D eigenvalue weighted by Crippen LogP contribution is 2.37. The molecular formula is C16H13F3N2O3. The van der Waals surface area contributed by atoms with Crippen LogP contribution in [0.4, 0.5) is 23.7 Å². The van der Waals surface area contributed by atoms with Crippen molar-refractivity contribution >= 4 is 11.8 Å². The maximum Gasteiger partial charge on any atom is 0.421 e. The van der Waals surface area contributed by atoms with Gasteiger partial charge < -0.3 is 9.84 Å². The van der Waals surface area contributed by atoms with Crippen LogP contribution in [-0.2, 0) is 12.6 Å². The number of benzene rings is 1. The lowest BCUT2D eigenvalue weighted by Crippen LogP contribution is -2.46. The molecule has 24 heavy (non-hydrogen) atoms. The Hall–Kier alpha value is -2.77. The van der Waals surface area contributed by atoms with E-state index in [1.165, 1.54) is 6.20 Å². The minimum absolute atomic E-state index is 0.233. The molecule has 0 aliphatic carbocycles. The van der Waals surface area contributed by atoms with Gasteiger partial charge in [0.25, 0.3) is 0 Å². The molecule has 0 spiro atoms. The Morgan fingerprint density at radius 3 is 2.71 bits per heavy atom. The van der Waals surface area contributed by atoms with Crippen molar-refractivity contribution in [3.05, 3.63) is 53.7 Å². The van der Waals surface area contributed by atoms with Crippen molar-refractivity contribution in [1.82, 2.24) is 4.98 Å². The third-order valence-corrected chi connectivity index (χ3v) is 3.73. The minimum Gasteiger partial charge on any atom is -0.465 e. The molecule has 2 aromatic rings. The second kappa shape index (κ2) is 6.03. The van der Waals surface area contributed by atoms with Gasteiger partial charge in [-0.1, -0.05) is 18.2 Å². The number of alkyl halides is 3. The normalized spacial score (nSPS) is 17.3. The highest BCUT2D eigenvalue weighted by Gasteiger charge is 2.38. The molecule has 0 fully saturated rings. The molecule has 1 aliphatic heterocycles. The molecule has 3 rings (SSSR count). The zero-order chi connectivity index (χ0) is 17.3. The van der Waals surface area contributed by atoms with Gasteiger partial charge in [-0.3, -0.25) is 0 Å². The summed E-state index contributed by atoms with van der Waals surface area (Å²) in [6.45, 7) is 0. The molecule has 8 heteroatoms. The van der Waals surface area contributed by atoms with Gasteiger partial charge in [0.2, 0.25) is 5.88 Å². The Morgan fingerprint density at radius 2 is 2.00 bits per heavy atom. The van der Waals surface area contributed by atoms with Gasteiger partial charge in [0.15, 0.2) is 6.23 Å². The smallest absolute Gasteiger partial charge is 0.421 e. The zero-order valence-corrected chi connectivity index (χ0v) is 12.3. The summed E-state index contributed by atoms with van der Waals surface area (Å²) < 4.78 is 44.5. The Morgan fingerprint density at radius 1 is 1.25 bits per heavy atom. The van der Waals surface area contributed by atoms with Gasteiger partial charge in [-0.15, -0.1) is 0 Å².